The van der Waals surface area contributed by atoms with Crippen molar-refractivity contribution in [3.63, 3.8) is 0 Å². The van der Waals surface area contributed by atoms with E-state index in [2.05, 4.69) is 49.0 Å². The molecule has 1 amide bonds. The maximum atomic E-state index is 13.0. The smallest absolute Gasteiger partial charge is 0.281 e. The van der Waals surface area contributed by atoms with E-state index < -0.39 is 11.5 Å². The molecule has 0 aliphatic heterocycles. The first-order valence-corrected chi connectivity index (χ1v) is 10.9. The molecule has 0 atom stereocenters. The van der Waals surface area contributed by atoms with E-state index in [1.54, 1.807) is 66.7 Å². The largest absolute Gasteiger partial charge is 0.487 e. The Hall–Kier alpha value is -2.74. The molecule has 5 nitrogen and oxygen atoms in total. The van der Waals surface area contributed by atoms with Crippen LogP contribution in [0.15, 0.2) is 99.5 Å². The van der Waals surface area contributed by atoms with Gasteiger partial charge >= 0.3 is 0 Å². The average Bonchev–Trinajstić information content (AvgIpc) is 2.79. The molecule has 0 fully saturated rings. The first-order chi connectivity index (χ1) is 15.0. The standard InChI is InChI=1S/C24H20Br2N2O3/c1-2-13-31-22-20(25)14-17(15-21(22)26)16-27-28-23(29)24(30,18-9-5-3-6-10-18)19-11-7-4-8-12-19/h2-12,14-16,30H,1,13H2,(H,28,29). The Morgan fingerprint density at radius 1 is 1.03 bits per heavy atom. The maximum absolute atomic E-state index is 13.0. The molecule has 0 bridgehead atoms. The summed E-state index contributed by atoms with van der Waals surface area (Å²) in [5.41, 5.74) is 2.19. The van der Waals surface area contributed by atoms with Crippen LogP contribution in [0.25, 0.3) is 0 Å². The minimum atomic E-state index is -1.89. The van der Waals surface area contributed by atoms with Crippen molar-refractivity contribution in [2.45, 2.75) is 5.60 Å². The van der Waals surface area contributed by atoms with Crippen molar-refractivity contribution >= 4 is 44.0 Å². The van der Waals surface area contributed by atoms with Crippen molar-refractivity contribution in [1.82, 2.24) is 5.43 Å². The van der Waals surface area contributed by atoms with Crippen molar-refractivity contribution in [2.75, 3.05) is 6.61 Å². The number of ether oxygens (including phenoxy) is 1. The van der Waals surface area contributed by atoms with E-state index in [1.807, 2.05) is 12.1 Å². The average molecular weight is 544 g/mol. The first-order valence-electron chi connectivity index (χ1n) is 9.36. The van der Waals surface area contributed by atoms with E-state index in [-0.39, 0.29) is 0 Å². The van der Waals surface area contributed by atoms with E-state index in [4.69, 9.17) is 4.74 Å². The van der Waals surface area contributed by atoms with Crippen LogP contribution in [0.5, 0.6) is 5.75 Å². The second-order valence-electron chi connectivity index (χ2n) is 6.55. The Morgan fingerprint density at radius 2 is 1.55 bits per heavy atom. The molecule has 0 spiro atoms. The van der Waals surface area contributed by atoms with Crippen LogP contribution in [0, 0.1) is 0 Å². The third-order valence-corrected chi connectivity index (χ3v) is 5.64. The van der Waals surface area contributed by atoms with Gasteiger partial charge in [0.1, 0.15) is 12.4 Å². The number of nitrogens with zero attached hydrogens (tertiary/aromatic N) is 1. The number of carbonyl (C=O) groups is 1. The van der Waals surface area contributed by atoms with Crippen molar-refractivity contribution in [2.24, 2.45) is 5.10 Å². The Labute approximate surface area is 197 Å². The van der Waals surface area contributed by atoms with Crippen LogP contribution in [-0.4, -0.2) is 23.8 Å². The van der Waals surface area contributed by atoms with Gasteiger partial charge in [0, 0.05) is 0 Å². The van der Waals surface area contributed by atoms with Gasteiger partial charge in [0.05, 0.1) is 15.2 Å². The Balaban J connectivity index is 1.84. The van der Waals surface area contributed by atoms with E-state index in [9.17, 15) is 9.90 Å². The molecular weight excluding hydrogens is 524 g/mol. The molecule has 0 heterocycles. The van der Waals surface area contributed by atoms with Gasteiger partial charge in [-0.3, -0.25) is 4.79 Å². The number of rotatable bonds is 8. The van der Waals surface area contributed by atoms with E-state index >= 15 is 0 Å². The third kappa shape index (κ3) is 5.31. The molecule has 0 saturated heterocycles. The van der Waals surface area contributed by atoms with Gasteiger partial charge < -0.3 is 9.84 Å². The summed E-state index contributed by atoms with van der Waals surface area (Å²) in [6.45, 7) is 4.01. The summed E-state index contributed by atoms with van der Waals surface area (Å²) < 4.78 is 7.05. The van der Waals surface area contributed by atoms with Crippen LogP contribution in [-0.2, 0) is 10.4 Å². The highest BCUT2D eigenvalue weighted by molar-refractivity contribution is 9.11. The molecule has 3 aromatic rings. The number of hydrazone groups is 1. The Kier molecular flexibility index (Phi) is 7.79. The lowest BCUT2D eigenvalue weighted by Gasteiger charge is -2.27. The molecule has 158 valence electrons. The van der Waals surface area contributed by atoms with Gasteiger partial charge in [-0.05, 0) is 60.7 Å². The van der Waals surface area contributed by atoms with E-state index in [0.29, 0.717) is 29.0 Å². The highest BCUT2D eigenvalue weighted by Gasteiger charge is 2.39. The van der Waals surface area contributed by atoms with Crippen LogP contribution in [0.4, 0.5) is 0 Å². The molecule has 31 heavy (non-hydrogen) atoms. The van der Waals surface area contributed by atoms with Crippen molar-refractivity contribution in [1.29, 1.82) is 0 Å². The number of hydrogen-bond acceptors (Lipinski definition) is 4. The SMILES string of the molecule is C=CCOc1c(Br)cc(C=NNC(=O)C(O)(c2ccccc2)c2ccccc2)cc1Br. The van der Waals surface area contributed by atoms with E-state index in [1.165, 1.54) is 6.21 Å². The fourth-order valence-corrected chi connectivity index (χ4v) is 4.42. The highest BCUT2D eigenvalue weighted by Crippen LogP contribution is 2.34. The third-order valence-electron chi connectivity index (χ3n) is 4.46. The lowest BCUT2D eigenvalue weighted by molar-refractivity contribution is -0.136. The molecule has 0 unspecified atom stereocenters. The number of nitrogens with one attached hydrogen (secondary N) is 1. The summed E-state index contributed by atoms with van der Waals surface area (Å²) in [5, 5.41) is 15.5. The Morgan fingerprint density at radius 3 is 2.03 bits per heavy atom. The molecule has 0 aromatic heterocycles. The summed E-state index contributed by atoms with van der Waals surface area (Å²) in [6, 6.07) is 21.1. The summed E-state index contributed by atoms with van der Waals surface area (Å²) in [4.78, 5) is 13.0. The maximum Gasteiger partial charge on any atom is 0.281 e. The minimum absolute atomic E-state index is 0.373. The van der Waals surface area contributed by atoms with Gasteiger partial charge in [-0.25, -0.2) is 5.43 Å². The second kappa shape index (κ2) is 10.5. The minimum Gasteiger partial charge on any atom is -0.487 e. The summed E-state index contributed by atoms with van der Waals surface area (Å²) >= 11 is 6.93. The normalized spacial score (nSPS) is 11.3. The fraction of sp³-hybridized carbons (Fsp3) is 0.0833. The lowest BCUT2D eigenvalue weighted by Crippen LogP contribution is -2.43. The van der Waals surface area contributed by atoms with Crippen LogP contribution < -0.4 is 10.2 Å². The van der Waals surface area contributed by atoms with Crippen LogP contribution in [0.3, 0.4) is 0 Å². The lowest BCUT2D eigenvalue weighted by atomic mass is 9.85. The zero-order chi connectivity index (χ0) is 22.3. The molecular formula is C24H20Br2N2O3. The molecule has 3 rings (SSSR count). The molecule has 7 heteroatoms. The number of aliphatic hydroxyl groups is 1. The van der Waals surface area contributed by atoms with Crippen molar-refractivity contribution in [3.8, 4) is 5.75 Å². The zero-order valence-electron chi connectivity index (χ0n) is 16.5. The van der Waals surface area contributed by atoms with Crippen LogP contribution >= 0.6 is 31.9 Å². The van der Waals surface area contributed by atoms with Crippen molar-refractivity contribution in [3.05, 3.63) is 111 Å². The molecule has 2 N–H and O–H groups in total. The number of benzene rings is 3. The van der Waals surface area contributed by atoms with Gasteiger partial charge in [-0.1, -0.05) is 73.3 Å². The quantitative estimate of drug-likeness (QED) is 0.234. The fourth-order valence-electron chi connectivity index (χ4n) is 2.97. The number of halogens is 2. The molecule has 0 saturated carbocycles. The molecule has 3 aromatic carbocycles. The van der Waals surface area contributed by atoms with Gasteiger partial charge in [-0.15, -0.1) is 0 Å². The molecule has 0 aliphatic carbocycles. The number of carbonyl (C=O) groups excluding carboxylic acids is 1. The predicted molar refractivity (Wildman–Crippen MR) is 129 cm³/mol. The first kappa shape index (κ1) is 22.9. The summed E-state index contributed by atoms with van der Waals surface area (Å²) in [6.07, 6.45) is 3.14. The van der Waals surface area contributed by atoms with Gasteiger partial charge in [-0.2, -0.15) is 5.10 Å². The van der Waals surface area contributed by atoms with Gasteiger partial charge in [0.25, 0.3) is 5.91 Å². The van der Waals surface area contributed by atoms with Gasteiger partial charge in [0.2, 0.25) is 0 Å². The van der Waals surface area contributed by atoms with Crippen LogP contribution in [0.1, 0.15) is 16.7 Å². The summed E-state index contributed by atoms with van der Waals surface area (Å²) in [5.74, 6) is -0.0196. The van der Waals surface area contributed by atoms with Crippen molar-refractivity contribution < 1.29 is 14.6 Å². The Bertz CT molecular complexity index is 1020. The van der Waals surface area contributed by atoms with Gasteiger partial charge in [0.15, 0.2) is 5.60 Å². The zero-order valence-corrected chi connectivity index (χ0v) is 19.6. The topological polar surface area (TPSA) is 70.9 Å². The number of amides is 1. The van der Waals surface area contributed by atoms with E-state index in [0.717, 1.165) is 8.95 Å². The highest BCUT2D eigenvalue weighted by atomic mass is 79.9. The van der Waals surface area contributed by atoms with Crippen LogP contribution in [0.2, 0.25) is 0 Å². The second-order valence-corrected chi connectivity index (χ2v) is 8.26. The predicted octanol–water partition coefficient (Wildman–Crippen LogP) is 5.16. The molecule has 0 aliphatic rings. The monoisotopic (exact) mass is 542 g/mol. The molecule has 0 radical (unpaired) electrons. The summed E-state index contributed by atoms with van der Waals surface area (Å²) in [7, 11) is 0. The number of hydrogen-bond donors (Lipinski definition) is 2.